The average Bonchev–Trinajstić information content (AvgIpc) is 2.70. The number of thioether (sulfide) groups is 1. The van der Waals surface area contributed by atoms with E-state index < -0.39 is 0 Å². The summed E-state index contributed by atoms with van der Waals surface area (Å²) in [5.41, 5.74) is 3.82. The summed E-state index contributed by atoms with van der Waals surface area (Å²) in [4.78, 5) is 29.4. The third kappa shape index (κ3) is 4.38. The number of H-pyrrole nitrogens is 1. The Morgan fingerprint density at radius 3 is 2.52 bits per heavy atom. The molecule has 1 fully saturated rings. The summed E-state index contributed by atoms with van der Waals surface area (Å²) in [5.74, 6) is 1.68. The Balaban J connectivity index is 1.43. The third-order valence-corrected chi connectivity index (χ3v) is 6.63. The minimum absolute atomic E-state index is 0.208. The van der Waals surface area contributed by atoms with Crippen LogP contribution in [0.5, 0.6) is 0 Å². The topological polar surface area (TPSA) is 58.1 Å². The fourth-order valence-corrected chi connectivity index (χ4v) is 5.08. The molecule has 1 saturated heterocycles. The van der Waals surface area contributed by atoms with Gasteiger partial charge in [-0.15, -0.1) is 0 Å². The summed E-state index contributed by atoms with van der Waals surface area (Å²) in [6.07, 6.45) is 5.59. The first-order valence-electron chi connectivity index (χ1n) is 9.93. The maximum Gasteiger partial charge on any atom is 0.328 e. The zero-order chi connectivity index (χ0) is 18.6. The van der Waals surface area contributed by atoms with Crippen molar-refractivity contribution in [3.8, 4) is 0 Å². The molecule has 0 amide bonds. The van der Waals surface area contributed by atoms with Crippen LogP contribution in [0.15, 0.2) is 33.9 Å². The number of aromatic nitrogens is 2. The summed E-state index contributed by atoms with van der Waals surface area (Å²) in [6.45, 7) is 4.07. The van der Waals surface area contributed by atoms with Gasteiger partial charge in [-0.3, -0.25) is 19.2 Å². The van der Waals surface area contributed by atoms with Gasteiger partial charge in [0.1, 0.15) is 0 Å². The monoisotopic (exact) mass is 385 g/mol. The normalized spacial score (nSPS) is 17.6. The summed E-state index contributed by atoms with van der Waals surface area (Å²) in [6, 6.07) is 8.79. The Labute approximate surface area is 163 Å². The van der Waals surface area contributed by atoms with Crippen LogP contribution >= 0.6 is 11.8 Å². The first-order chi connectivity index (χ1) is 13.2. The minimum atomic E-state index is -0.271. The first-order valence-corrected chi connectivity index (χ1v) is 11.1. The highest BCUT2D eigenvalue weighted by molar-refractivity contribution is 7.98. The van der Waals surface area contributed by atoms with Gasteiger partial charge in [0.25, 0.3) is 5.56 Å². The van der Waals surface area contributed by atoms with E-state index in [1.165, 1.54) is 43.5 Å². The zero-order valence-electron chi connectivity index (χ0n) is 15.7. The van der Waals surface area contributed by atoms with Crippen LogP contribution in [0.3, 0.4) is 0 Å². The maximum absolute atomic E-state index is 12.3. The molecule has 0 spiro atoms. The standard InChI is InChI=1S/C21H27N3O2S/c25-20-18-15-27-13-9-19(18)24(21(26)22-20)12-8-16-4-6-17(7-5-16)14-23-10-2-1-3-11-23/h4-7H,1-3,8-15H2,(H,22,25,26). The van der Waals surface area contributed by atoms with E-state index in [9.17, 15) is 9.59 Å². The largest absolute Gasteiger partial charge is 0.328 e. The van der Waals surface area contributed by atoms with Crippen LogP contribution in [0, 0.1) is 0 Å². The molecule has 3 heterocycles. The molecule has 27 heavy (non-hydrogen) atoms. The van der Waals surface area contributed by atoms with E-state index in [1.54, 1.807) is 16.3 Å². The fourth-order valence-electron chi connectivity index (χ4n) is 4.10. The van der Waals surface area contributed by atoms with Crippen molar-refractivity contribution in [1.29, 1.82) is 0 Å². The molecule has 0 aliphatic carbocycles. The number of nitrogens with one attached hydrogen (secondary N) is 1. The van der Waals surface area contributed by atoms with Gasteiger partial charge in [-0.1, -0.05) is 30.7 Å². The molecular weight excluding hydrogens is 358 g/mol. The molecule has 1 aromatic carbocycles. The minimum Gasteiger partial charge on any atom is -0.299 e. The highest BCUT2D eigenvalue weighted by Crippen LogP contribution is 2.21. The highest BCUT2D eigenvalue weighted by atomic mass is 32.2. The number of aromatic amines is 1. The zero-order valence-corrected chi connectivity index (χ0v) is 16.5. The van der Waals surface area contributed by atoms with Gasteiger partial charge in [0.05, 0.1) is 0 Å². The van der Waals surface area contributed by atoms with Gasteiger partial charge in [0.2, 0.25) is 0 Å². The van der Waals surface area contributed by atoms with E-state index in [2.05, 4.69) is 34.1 Å². The molecule has 1 N–H and O–H groups in total. The van der Waals surface area contributed by atoms with Crippen LogP contribution in [-0.4, -0.2) is 33.3 Å². The Hall–Kier alpha value is -1.79. The number of aryl methyl sites for hydroxylation is 1. The second-order valence-corrected chi connectivity index (χ2v) is 8.65. The highest BCUT2D eigenvalue weighted by Gasteiger charge is 2.18. The molecule has 0 bridgehead atoms. The van der Waals surface area contributed by atoms with E-state index in [0.717, 1.165) is 36.4 Å². The second kappa shape index (κ2) is 8.48. The number of rotatable bonds is 5. The van der Waals surface area contributed by atoms with E-state index in [0.29, 0.717) is 12.3 Å². The Bertz CT molecular complexity index is 895. The molecule has 5 nitrogen and oxygen atoms in total. The van der Waals surface area contributed by atoms with Crippen molar-refractivity contribution in [2.24, 2.45) is 0 Å². The predicted molar refractivity (Wildman–Crippen MR) is 110 cm³/mol. The summed E-state index contributed by atoms with van der Waals surface area (Å²) < 4.78 is 1.78. The van der Waals surface area contributed by atoms with E-state index >= 15 is 0 Å². The van der Waals surface area contributed by atoms with Gasteiger partial charge in [-0.25, -0.2) is 4.79 Å². The van der Waals surface area contributed by atoms with Crippen LogP contribution in [0.25, 0.3) is 0 Å². The number of hydrogen-bond acceptors (Lipinski definition) is 4. The van der Waals surface area contributed by atoms with Crippen LogP contribution in [0.1, 0.15) is 41.6 Å². The van der Waals surface area contributed by atoms with Crippen molar-refractivity contribution >= 4 is 11.8 Å². The van der Waals surface area contributed by atoms with E-state index in [-0.39, 0.29) is 11.2 Å². The maximum atomic E-state index is 12.3. The summed E-state index contributed by atoms with van der Waals surface area (Å²) >= 11 is 1.76. The van der Waals surface area contributed by atoms with Crippen molar-refractivity contribution < 1.29 is 0 Å². The number of fused-ring (bicyclic) bond motifs is 1. The van der Waals surface area contributed by atoms with Gasteiger partial charge in [0.15, 0.2) is 0 Å². The van der Waals surface area contributed by atoms with E-state index in [1.807, 2.05) is 0 Å². The summed E-state index contributed by atoms with van der Waals surface area (Å²) in [7, 11) is 0. The quantitative estimate of drug-likeness (QED) is 0.859. The number of hydrogen-bond donors (Lipinski definition) is 1. The Kier molecular flexibility index (Phi) is 5.83. The van der Waals surface area contributed by atoms with Crippen molar-refractivity contribution in [3.63, 3.8) is 0 Å². The molecule has 2 aromatic rings. The van der Waals surface area contributed by atoms with Gasteiger partial charge in [0, 0.05) is 30.1 Å². The van der Waals surface area contributed by atoms with Gasteiger partial charge in [-0.2, -0.15) is 11.8 Å². The Morgan fingerprint density at radius 1 is 1.00 bits per heavy atom. The third-order valence-electron chi connectivity index (χ3n) is 5.65. The second-order valence-electron chi connectivity index (χ2n) is 7.54. The molecular formula is C21H27N3O2S. The number of nitrogens with zero attached hydrogens (tertiary/aromatic N) is 2. The number of likely N-dealkylation sites (tertiary alicyclic amines) is 1. The van der Waals surface area contributed by atoms with Crippen LogP contribution in [-0.2, 0) is 31.7 Å². The number of piperidine rings is 1. The molecule has 0 saturated carbocycles. The van der Waals surface area contributed by atoms with Gasteiger partial charge in [-0.05, 0) is 55.7 Å². The van der Waals surface area contributed by atoms with Crippen molar-refractivity contribution in [2.45, 2.75) is 50.9 Å². The number of benzene rings is 1. The molecule has 1 aromatic heterocycles. The SMILES string of the molecule is O=c1[nH]c(=O)n(CCc2ccc(CN3CCCCC3)cc2)c2c1CSCC2. The predicted octanol–water partition coefficient (Wildman–Crippen LogP) is 2.55. The smallest absolute Gasteiger partial charge is 0.299 e. The van der Waals surface area contributed by atoms with Crippen molar-refractivity contribution in [2.75, 3.05) is 18.8 Å². The molecule has 2 aliphatic heterocycles. The van der Waals surface area contributed by atoms with Crippen LogP contribution in [0.2, 0.25) is 0 Å². The first kappa shape index (κ1) is 18.6. The molecule has 0 unspecified atom stereocenters. The van der Waals surface area contributed by atoms with Crippen molar-refractivity contribution in [3.05, 3.63) is 67.5 Å². The van der Waals surface area contributed by atoms with Crippen LogP contribution < -0.4 is 11.2 Å². The molecule has 0 atom stereocenters. The average molecular weight is 386 g/mol. The molecule has 144 valence electrons. The van der Waals surface area contributed by atoms with Crippen molar-refractivity contribution in [1.82, 2.24) is 14.5 Å². The fraction of sp³-hybridized carbons (Fsp3) is 0.524. The lowest BCUT2D eigenvalue weighted by Crippen LogP contribution is -2.37. The molecule has 4 rings (SSSR count). The molecule has 0 radical (unpaired) electrons. The van der Waals surface area contributed by atoms with Gasteiger partial charge < -0.3 is 0 Å². The van der Waals surface area contributed by atoms with Crippen LogP contribution in [0.4, 0.5) is 0 Å². The van der Waals surface area contributed by atoms with E-state index in [4.69, 9.17) is 0 Å². The lowest BCUT2D eigenvalue weighted by Gasteiger charge is -2.26. The Morgan fingerprint density at radius 2 is 1.74 bits per heavy atom. The lowest BCUT2D eigenvalue weighted by molar-refractivity contribution is 0.221. The van der Waals surface area contributed by atoms with Gasteiger partial charge >= 0.3 is 5.69 Å². The summed E-state index contributed by atoms with van der Waals surface area (Å²) in [5, 5.41) is 0. The lowest BCUT2D eigenvalue weighted by atomic mass is 10.1. The molecule has 2 aliphatic rings. The molecule has 6 heteroatoms.